The molecule has 0 aromatic heterocycles. The summed E-state index contributed by atoms with van der Waals surface area (Å²) >= 11 is 5.93. The van der Waals surface area contributed by atoms with Crippen molar-refractivity contribution in [2.75, 3.05) is 6.54 Å². The minimum absolute atomic E-state index is 0.102. The average molecular weight is 313 g/mol. The van der Waals surface area contributed by atoms with Gasteiger partial charge in [-0.1, -0.05) is 11.6 Å². The Kier molecular flexibility index (Phi) is 4.38. The van der Waals surface area contributed by atoms with Crippen LogP contribution in [0.3, 0.4) is 0 Å². The number of hydrogen-bond acceptors (Lipinski definition) is 3. The molecule has 2 rings (SSSR count). The lowest BCUT2D eigenvalue weighted by Crippen LogP contribution is -2.38. The molecule has 1 fully saturated rings. The maximum atomic E-state index is 12.7. The molecule has 0 saturated heterocycles. The third-order valence-electron chi connectivity index (χ3n) is 3.38. The fourth-order valence-electron chi connectivity index (χ4n) is 2.02. The lowest BCUT2D eigenvalue weighted by atomic mass is 10.2. The van der Waals surface area contributed by atoms with Gasteiger partial charge in [0.05, 0.1) is 15.5 Å². The molecule has 20 heavy (non-hydrogen) atoms. The molecule has 0 N–H and O–H groups in total. The summed E-state index contributed by atoms with van der Waals surface area (Å²) in [6.45, 7) is 4.29. The van der Waals surface area contributed by atoms with Crippen molar-refractivity contribution in [3.8, 4) is 6.07 Å². The summed E-state index contributed by atoms with van der Waals surface area (Å²) in [6.07, 6.45) is 2.18. The van der Waals surface area contributed by atoms with Gasteiger partial charge in [0.1, 0.15) is 6.07 Å². The van der Waals surface area contributed by atoms with E-state index in [9.17, 15) is 8.42 Å². The van der Waals surface area contributed by atoms with Gasteiger partial charge in [0.2, 0.25) is 10.0 Å². The minimum atomic E-state index is -3.56. The van der Waals surface area contributed by atoms with Crippen LogP contribution >= 0.6 is 11.6 Å². The molecule has 0 aliphatic heterocycles. The van der Waals surface area contributed by atoms with Crippen LogP contribution in [0.4, 0.5) is 0 Å². The van der Waals surface area contributed by atoms with Crippen LogP contribution in [0.1, 0.15) is 32.3 Å². The number of rotatable bonds is 5. The van der Waals surface area contributed by atoms with Crippen molar-refractivity contribution in [2.45, 2.75) is 37.6 Å². The van der Waals surface area contributed by atoms with E-state index in [1.807, 2.05) is 19.9 Å². The quantitative estimate of drug-likeness (QED) is 0.839. The molecule has 1 saturated carbocycles. The van der Waals surface area contributed by atoms with E-state index in [1.165, 1.54) is 22.5 Å². The molecule has 0 heterocycles. The highest BCUT2D eigenvalue weighted by Crippen LogP contribution is 2.33. The van der Waals surface area contributed by atoms with Crippen molar-refractivity contribution < 1.29 is 8.42 Å². The molecule has 108 valence electrons. The van der Waals surface area contributed by atoms with Gasteiger partial charge in [0.15, 0.2) is 0 Å². The third-order valence-corrected chi connectivity index (χ3v) is 5.73. The van der Waals surface area contributed by atoms with E-state index in [0.29, 0.717) is 12.5 Å². The van der Waals surface area contributed by atoms with Crippen LogP contribution in [0.25, 0.3) is 0 Å². The Bertz CT molecular complexity index is 646. The van der Waals surface area contributed by atoms with Crippen LogP contribution in [0.5, 0.6) is 0 Å². The molecule has 1 aliphatic rings. The molecular weight excluding hydrogens is 296 g/mol. The van der Waals surface area contributed by atoms with Crippen LogP contribution in [-0.4, -0.2) is 25.3 Å². The van der Waals surface area contributed by atoms with Crippen LogP contribution < -0.4 is 0 Å². The zero-order chi connectivity index (χ0) is 14.9. The predicted octanol–water partition coefficient (Wildman–Crippen LogP) is 3.02. The zero-order valence-electron chi connectivity index (χ0n) is 11.5. The number of hydrogen-bond donors (Lipinski definition) is 0. The van der Waals surface area contributed by atoms with Crippen molar-refractivity contribution in [3.63, 3.8) is 0 Å². The van der Waals surface area contributed by atoms with E-state index in [0.717, 1.165) is 12.8 Å². The summed E-state index contributed by atoms with van der Waals surface area (Å²) in [6, 6.07) is 6.08. The number of nitriles is 1. The molecule has 0 unspecified atom stereocenters. The number of benzene rings is 1. The lowest BCUT2D eigenvalue weighted by molar-refractivity contribution is 0.342. The van der Waals surface area contributed by atoms with Gasteiger partial charge in [-0.3, -0.25) is 0 Å². The maximum Gasteiger partial charge on any atom is 0.243 e. The normalized spacial score (nSPS) is 15.6. The summed E-state index contributed by atoms with van der Waals surface area (Å²) < 4.78 is 26.9. The number of sulfonamides is 1. The SMILES string of the molecule is CC(C)N(CC1CC1)S(=O)(=O)c1ccc(C#N)c(Cl)c1. The zero-order valence-corrected chi connectivity index (χ0v) is 13.1. The Morgan fingerprint density at radius 1 is 1.45 bits per heavy atom. The first-order chi connectivity index (χ1) is 9.36. The Hall–Kier alpha value is -1.09. The Morgan fingerprint density at radius 2 is 2.10 bits per heavy atom. The minimum Gasteiger partial charge on any atom is -0.207 e. The summed E-state index contributed by atoms with van der Waals surface area (Å²) in [7, 11) is -3.56. The maximum absolute atomic E-state index is 12.7. The van der Waals surface area contributed by atoms with Gasteiger partial charge >= 0.3 is 0 Å². The van der Waals surface area contributed by atoms with Crippen LogP contribution in [-0.2, 0) is 10.0 Å². The molecule has 0 spiro atoms. The van der Waals surface area contributed by atoms with Crippen molar-refractivity contribution in [1.29, 1.82) is 5.26 Å². The Balaban J connectivity index is 2.36. The van der Waals surface area contributed by atoms with Crippen LogP contribution in [0, 0.1) is 17.2 Å². The van der Waals surface area contributed by atoms with Gasteiger partial charge in [-0.2, -0.15) is 9.57 Å². The van der Waals surface area contributed by atoms with Crippen molar-refractivity contribution in [1.82, 2.24) is 4.31 Å². The van der Waals surface area contributed by atoms with E-state index in [2.05, 4.69) is 0 Å². The lowest BCUT2D eigenvalue weighted by Gasteiger charge is -2.26. The number of halogens is 1. The smallest absolute Gasteiger partial charge is 0.207 e. The van der Waals surface area contributed by atoms with Crippen molar-refractivity contribution in [3.05, 3.63) is 28.8 Å². The molecule has 1 aromatic rings. The molecule has 4 nitrogen and oxygen atoms in total. The highest BCUT2D eigenvalue weighted by Gasteiger charge is 2.33. The van der Waals surface area contributed by atoms with E-state index in [4.69, 9.17) is 16.9 Å². The standard InChI is InChI=1S/C14H17ClN2O2S/c1-10(2)17(9-11-3-4-11)20(18,19)13-6-5-12(8-16)14(15)7-13/h5-7,10-11H,3-4,9H2,1-2H3. The van der Waals surface area contributed by atoms with Crippen molar-refractivity contribution >= 4 is 21.6 Å². The fraction of sp³-hybridized carbons (Fsp3) is 0.500. The molecule has 0 radical (unpaired) electrons. The predicted molar refractivity (Wildman–Crippen MR) is 77.9 cm³/mol. The molecule has 1 aliphatic carbocycles. The van der Waals surface area contributed by atoms with Gasteiger partial charge < -0.3 is 0 Å². The van der Waals surface area contributed by atoms with E-state index in [-0.39, 0.29) is 21.5 Å². The molecule has 0 bridgehead atoms. The average Bonchev–Trinajstić information content (AvgIpc) is 3.19. The third kappa shape index (κ3) is 3.14. The highest BCUT2D eigenvalue weighted by molar-refractivity contribution is 7.89. The summed E-state index contributed by atoms with van der Waals surface area (Å²) in [4.78, 5) is 0.149. The molecule has 6 heteroatoms. The summed E-state index contributed by atoms with van der Waals surface area (Å²) in [5, 5.41) is 9.01. The Labute approximate surface area is 125 Å². The summed E-state index contributed by atoms with van der Waals surface area (Å²) in [5.74, 6) is 0.473. The van der Waals surface area contributed by atoms with Gasteiger partial charge in [0.25, 0.3) is 0 Å². The van der Waals surface area contributed by atoms with E-state index < -0.39 is 10.0 Å². The summed E-state index contributed by atoms with van der Waals surface area (Å²) in [5.41, 5.74) is 0.281. The molecule has 0 amide bonds. The molecule has 0 atom stereocenters. The van der Waals surface area contributed by atoms with Crippen LogP contribution in [0.2, 0.25) is 5.02 Å². The second-order valence-electron chi connectivity index (χ2n) is 5.37. The first-order valence-corrected chi connectivity index (χ1v) is 8.39. The van der Waals surface area contributed by atoms with Gasteiger partial charge in [-0.25, -0.2) is 8.42 Å². The molecule has 1 aromatic carbocycles. The number of nitrogens with zero attached hydrogens (tertiary/aromatic N) is 2. The topological polar surface area (TPSA) is 61.2 Å². The van der Waals surface area contributed by atoms with Crippen molar-refractivity contribution in [2.24, 2.45) is 5.92 Å². The first kappa shape index (κ1) is 15.3. The largest absolute Gasteiger partial charge is 0.243 e. The second-order valence-corrected chi connectivity index (χ2v) is 7.66. The van der Waals surface area contributed by atoms with E-state index >= 15 is 0 Å². The monoisotopic (exact) mass is 312 g/mol. The van der Waals surface area contributed by atoms with Gasteiger partial charge in [-0.05, 0) is 50.8 Å². The first-order valence-electron chi connectivity index (χ1n) is 6.57. The van der Waals surface area contributed by atoms with Gasteiger partial charge in [-0.15, -0.1) is 0 Å². The second kappa shape index (κ2) is 5.72. The van der Waals surface area contributed by atoms with Crippen LogP contribution in [0.15, 0.2) is 23.1 Å². The Morgan fingerprint density at radius 3 is 2.55 bits per heavy atom. The molecular formula is C14H17ClN2O2S. The highest BCUT2D eigenvalue weighted by atomic mass is 35.5. The fourth-order valence-corrected chi connectivity index (χ4v) is 4.05. The van der Waals surface area contributed by atoms with E-state index in [1.54, 1.807) is 0 Å². The van der Waals surface area contributed by atoms with Gasteiger partial charge in [0, 0.05) is 12.6 Å².